The number of fused-ring (bicyclic) bond motifs is 1. The third-order valence-electron chi connectivity index (χ3n) is 4.66. The maximum absolute atomic E-state index is 5.49. The highest BCUT2D eigenvalue weighted by molar-refractivity contribution is 5.94. The monoisotopic (exact) mass is 391 g/mol. The number of H-pyrrole nitrogens is 1. The van der Waals surface area contributed by atoms with Gasteiger partial charge in [0.2, 0.25) is 0 Å². The van der Waals surface area contributed by atoms with Crippen LogP contribution in [0.25, 0.3) is 16.9 Å². The van der Waals surface area contributed by atoms with Gasteiger partial charge >= 0.3 is 0 Å². The van der Waals surface area contributed by atoms with Crippen LogP contribution < -0.4 is 10.2 Å². The molecule has 4 aromatic rings. The number of hydrogen-bond donors (Lipinski definition) is 2. The van der Waals surface area contributed by atoms with Gasteiger partial charge in [0, 0.05) is 43.0 Å². The Morgan fingerprint density at radius 3 is 2.69 bits per heavy atom. The van der Waals surface area contributed by atoms with Gasteiger partial charge in [0.1, 0.15) is 17.3 Å². The van der Waals surface area contributed by atoms with Gasteiger partial charge in [-0.1, -0.05) is 13.8 Å². The fraction of sp³-hybridized carbons (Fsp3) is 0.286. The number of morpholine rings is 1. The highest BCUT2D eigenvalue weighted by atomic mass is 16.5. The minimum absolute atomic E-state index is 0.715. The summed E-state index contributed by atoms with van der Waals surface area (Å²) >= 11 is 0. The Bertz CT molecular complexity index is 1040. The molecule has 29 heavy (non-hydrogen) atoms. The molecule has 0 aromatic carbocycles. The van der Waals surface area contributed by atoms with Crippen LogP contribution in [0.3, 0.4) is 0 Å². The highest BCUT2D eigenvalue weighted by Crippen LogP contribution is 2.31. The molecular formula is C21H25N7O. The van der Waals surface area contributed by atoms with E-state index in [0.29, 0.717) is 13.2 Å². The smallest absolute Gasteiger partial charge is 0.150 e. The van der Waals surface area contributed by atoms with Gasteiger partial charge < -0.3 is 15.0 Å². The van der Waals surface area contributed by atoms with Gasteiger partial charge in [0.05, 0.1) is 37.0 Å². The fourth-order valence-corrected chi connectivity index (χ4v) is 3.32. The minimum Gasteiger partial charge on any atom is -0.378 e. The molecule has 8 heteroatoms. The Labute approximate surface area is 169 Å². The van der Waals surface area contributed by atoms with Gasteiger partial charge in [-0.3, -0.25) is 14.6 Å². The third-order valence-corrected chi connectivity index (χ3v) is 4.66. The van der Waals surface area contributed by atoms with Crippen LogP contribution in [0.1, 0.15) is 13.8 Å². The zero-order valence-electron chi connectivity index (χ0n) is 16.7. The van der Waals surface area contributed by atoms with Gasteiger partial charge in [0.15, 0.2) is 0 Å². The number of nitrogens with one attached hydrogen (secondary N) is 2. The number of hydrogen-bond acceptors (Lipinski definition) is 6. The number of aromatic nitrogens is 5. The molecule has 0 radical (unpaired) electrons. The van der Waals surface area contributed by atoms with Crippen molar-refractivity contribution in [1.82, 2.24) is 24.7 Å². The Morgan fingerprint density at radius 1 is 1.10 bits per heavy atom. The highest BCUT2D eigenvalue weighted by Gasteiger charge is 2.17. The lowest BCUT2D eigenvalue weighted by Crippen LogP contribution is -2.36. The lowest BCUT2D eigenvalue weighted by atomic mass is 10.2. The molecule has 1 aliphatic heterocycles. The van der Waals surface area contributed by atoms with Crippen molar-refractivity contribution in [3.63, 3.8) is 0 Å². The molecule has 4 aromatic heterocycles. The second-order valence-corrected chi connectivity index (χ2v) is 6.36. The van der Waals surface area contributed by atoms with E-state index in [-0.39, 0.29) is 0 Å². The van der Waals surface area contributed by atoms with Crippen molar-refractivity contribution in [3.05, 3.63) is 55.1 Å². The van der Waals surface area contributed by atoms with Crippen LogP contribution in [0, 0.1) is 0 Å². The summed E-state index contributed by atoms with van der Waals surface area (Å²) in [5.41, 5.74) is 2.80. The van der Waals surface area contributed by atoms with Gasteiger partial charge in [-0.15, -0.1) is 0 Å². The molecule has 0 bridgehead atoms. The molecule has 0 unspecified atom stereocenters. The predicted molar refractivity (Wildman–Crippen MR) is 115 cm³/mol. The van der Waals surface area contributed by atoms with E-state index in [1.807, 2.05) is 49.0 Å². The van der Waals surface area contributed by atoms with Crippen LogP contribution in [0.2, 0.25) is 0 Å². The molecule has 8 nitrogen and oxygen atoms in total. The quantitative estimate of drug-likeness (QED) is 0.551. The Balaban J connectivity index is 0.000000994. The van der Waals surface area contributed by atoms with E-state index in [4.69, 9.17) is 9.72 Å². The zero-order chi connectivity index (χ0) is 20.1. The number of aromatic amines is 1. The number of ether oxygens (including phenoxy) is 1. The molecule has 5 rings (SSSR count). The average molecular weight is 391 g/mol. The summed E-state index contributed by atoms with van der Waals surface area (Å²) in [6.45, 7) is 7.09. The SMILES string of the molecule is CC.c1cncc(Nc2cc(N3CCOCC3)nc3c2ccn3-c2ccn[nH]2)c1. The molecule has 1 saturated heterocycles. The van der Waals surface area contributed by atoms with Crippen molar-refractivity contribution < 1.29 is 4.74 Å². The third kappa shape index (κ3) is 3.93. The average Bonchev–Trinajstić information content (AvgIpc) is 3.46. The summed E-state index contributed by atoms with van der Waals surface area (Å²) in [5, 5.41) is 11.6. The minimum atomic E-state index is 0.715. The first kappa shape index (κ1) is 18.9. The molecule has 0 amide bonds. The molecule has 5 heterocycles. The predicted octanol–water partition coefficient (Wildman–Crippen LogP) is 3.75. The Kier molecular flexibility index (Phi) is 5.71. The molecule has 0 atom stereocenters. The van der Waals surface area contributed by atoms with Crippen LogP contribution in [-0.2, 0) is 4.74 Å². The number of rotatable bonds is 4. The van der Waals surface area contributed by atoms with E-state index >= 15 is 0 Å². The maximum Gasteiger partial charge on any atom is 0.150 e. The molecule has 0 aliphatic carbocycles. The van der Waals surface area contributed by atoms with Crippen LogP contribution in [0.4, 0.5) is 17.2 Å². The summed E-state index contributed by atoms with van der Waals surface area (Å²) in [7, 11) is 0. The molecule has 1 fully saturated rings. The summed E-state index contributed by atoms with van der Waals surface area (Å²) in [6.07, 6.45) is 7.32. The summed E-state index contributed by atoms with van der Waals surface area (Å²) < 4.78 is 7.50. The number of anilines is 3. The molecule has 0 saturated carbocycles. The summed E-state index contributed by atoms with van der Waals surface area (Å²) in [4.78, 5) is 11.4. The van der Waals surface area contributed by atoms with E-state index in [0.717, 1.165) is 47.1 Å². The second kappa shape index (κ2) is 8.74. The maximum atomic E-state index is 5.49. The Morgan fingerprint density at radius 2 is 1.97 bits per heavy atom. The molecule has 0 spiro atoms. The van der Waals surface area contributed by atoms with E-state index < -0.39 is 0 Å². The topological polar surface area (TPSA) is 83.9 Å². The summed E-state index contributed by atoms with van der Waals surface area (Å²) in [5.74, 6) is 1.81. The first-order valence-corrected chi connectivity index (χ1v) is 9.90. The van der Waals surface area contributed by atoms with Crippen molar-refractivity contribution in [2.24, 2.45) is 0 Å². The zero-order valence-corrected chi connectivity index (χ0v) is 16.7. The van der Waals surface area contributed by atoms with Crippen LogP contribution in [0.15, 0.2) is 55.1 Å². The van der Waals surface area contributed by atoms with Crippen molar-refractivity contribution >= 4 is 28.2 Å². The molecule has 2 N–H and O–H groups in total. The molecule has 150 valence electrons. The van der Waals surface area contributed by atoms with E-state index in [9.17, 15) is 0 Å². The van der Waals surface area contributed by atoms with E-state index in [1.165, 1.54) is 0 Å². The van der Waals surface area contributed by atoms with Crippen molar-refractivity contribution in [2.45, 2.75) is 13.8 Å². The van der Waals surface area contributed by atoms with Crippen LogP contribution in [-0.4, -0.2) is 51.0 Å². The lowest BCUT2D eigenvalue weighted by molar-refractivity contribution is 0.122. The summed E-state index contributed by atoms with van der Waals surface area (Å²) in [6, 6.07) is 10.00. The molecular weight excluding hydrogens is 366 g/mol. The first-order valence-electron chi connectivity index (χ1n) is 9.90. The largest absolute Gasteiger partial charge is 0.378 e. The van der Waals surface area contributed by atoms with Gasteiger partial charge in [-0.2, -0.15) is 5.10 Å². The number of pyridine rings is 2. The second-order valence-electron chi connectivity index (χ2n) is 6.36. The van der Waals surface area contributed by atoms with E-state index in [2.05, 4.69) is 37.5 Å². The van der Waals surface area contributed by atoms with Crippen LogP contribution >= 0.6 is 0 Å². The van der Waals surface area contributed by atoms with Gasteiger partial charge in [0.25, 0.3) is 0 Å². The standard InChI is InChI=1S/C19H19N7O.C2H6/c1-2-14(13-20-5-1)22-16-12-18(25-8-10-27-11-9-25)23-19-15(16)4-7-26(19)17-3-6-21-24-17;1-2/h1-7,12-13H,8-11H2,(H,21,24)(H,22,23);1-2H3. The lowest BCUT2D eigenvalue weighted by Gasteiger charge is -2.28. The normalized spacial score (nSPS) is 13.8. The van der Waals surface area contributed by atoms with Crippen molar-refractivity contribution in [1.29, 1.82) is 0 Å². The molecule has 1 aliphatic rings. The Hall–Kier alpha value is -3.39. The van der Waals surface area contributed by atoms with Crippen molar-refractivity contribution in [2.75, 3.05) is 36.5 Å². The van der Waals surface area contributed by atoms with Crippen LogP contribution in [0.5, 0.6) is 0 Å². The number of nitrogens with zero attached hydrogens (tertiary/aromatic N) is 5. The van der Waals surface area contributed by atoms with E-state index in [1.54, 1.807) is 12.4 Å². The van der Waals surface area contributed by atoms with Crippen molar-refractivity contribution in [3.8, 4) is 5.82 Å². The fourth-order valence-electron chi connectivity index (χ4n) is 3.32. The first-order chi connectivity index (χ1) is 14.4. The van der Waals surface area contributed by atoms with Gasteiger partial charge in [-0.05, 0) is 18.2 Å². The van der Waals surface area contributed by atoms with Gasteiger partial charge in [-0.25, -0.2) is 4.98 Å².